The number of methoxy groups -OCH3 is 3. The first-order chi connectivity index (χ1) is 14.6. The molecule has 0 saturated carbocycles. The highest BCUT2D eigenvalue weighted by atomic mass is 16.5. The lowest BCUT2D eigenvalue weighted by molar-refractivity contribution is -0.137. The van der Waals surface area contributed by atoms with Gasteiger partial charge in [0.1, 0.15) is 17.2 Å². The number of hydrogen-bond donors (Lipinski definition) is 0. The van der Waals surface area contributed by atoms with Crippen LogP contribution in [-0.4, -0.2) is 38.0 Å². The van der Waals surface area contributed by atoms with Gasteiger partial charge in [0.05, 0.1) is 33.1 Å². The van der Waals surface area contributed by atoms with Crippen molar-refractivity contribution in [2.45, 2.75) is 39.2 Å². The van der Waals surface area contributed by atoms with E-state index in [1.807, 2.05) is 56.3 Å². The van der Waals surface area contributed by atoms with E-state index in [1.165, 1.54) is 0 Å². The molecule has 0 aliphatic carbocycles. The van der Waals surface area contributed by atoms with Crippen LogP contribution >= 0.6 is 0 Å². The number of rotatable bonds is 8. The summed E-state index contributed by atoms with van der Waals surface area (Å²) < 4.78 is 16.3. The molecule has 0 saturated heterocycles. The molecule has 30 heavy (non-hydrogen) atoms. The Morgan fingerprint density at radius 1 is 1.00 bits per heavy atom. The molecule has 0 spiro atoms. The fourth-order valence-corrected chi connectivity index (χ4v) is 3.84. The minimum absolute atomic E-state index is 0.0402. The molecule has 0 unspecified atom stereocenters. The maximum Gasteiger partial charge on any atom is 0.246 e. The molecule has 1 heterocycles. The average Bonchev–Trinajstić information content (AvgIpc) is 3.24. The lowest BCUT2D eigenvalue weighted by atomic mass is 9.95. The van der Waals surface area contributed by atoms with E-state index in [9.17, 15) is 4.79 Å². The van der Waals surface area contributed by atoms with Crippen LogP contribution in [0.25, 0.3) is 0 Å². The maximum atomic E-state index is 13.3. The number of hydrazone groups is 1. The van der Waals surface area contributed by atoms with Crippen molar-refractivity contribution in [3.8, 4) is 17.2 Å². The van der Waals surface area contributed by atoms with Crippen molar-refractivity contribution in [3.63, 3.8) is 0 Å². The molecule has 2 aromatic carbocycles. The molecule has 2 aromatic rings. The summed E-state index contributed by atoms with van der Waals surface area (Å²) in [6, 6.07) is 13.2. The molecule has 1 aliphatic heterocycles. The van der Waals surface area contributed by atoms with Gasteiger partial charge in [-0.3, -0.25) is 4.79 Å². The molecule has 1 amide bonds. The highest BCUT2D eigenvalue weighted by Gasteiger charge is 2.37. The van der Waals surface area contributed by atoms with Crippen LogP contribution in [-0.2, 0) is 4.79 Å². The smallest absolute Gasteiger partial charge is 0.246 e. The van der Waals surface area contributed by atoms with Crippen LogP contribution in [0.1, 0.15) is 50.3 Å². The summed E-state index contributed by atoms with van der Waals surface area (Å²) in [5.74, 6) is 2.20. The average molecular weight is 411 g/mol. The fourth-order valence-electron chi connectivity index (χ4n) is 3.84. The molecule has 0 fully saturated rings. The Morgan fingerprint density at radius 3 is 2.20 bits per heavy atom. The molecular formula is C24H30N2O4. The molecule has 1 aliphatic rings. The second kappa shape index (κ2) is 9.65. The fraction of sp³-hybridized carbons (Fsp3) is 0.417. The van der Waals surface area contributed by atoms with E-state index in [2.05, 4.69) is 0 Å². The molecular weight excluding hydrogens is 380 g/mol. The third-order valence-electron chi connectivity index (χ3n) is 5.69. The summed E-state index contributed by atoms with van der Waals surface area (Å²) >= 11 is 0. The third-order valence-corrected chi connectivity index (χ3v) is 5.69. The first kappa shape index (κ1) is 21.7. The molecule has 0 aromatic heterocycles. The predicted molar refractivity (Wildman–Crippen MR) is 117 cm³/mol. The van der Waals surface area contributed by atoms with E-state index in [0.717, 1.165) is 41.2 Å². The zero-order chi connectivity index (χ0) is 21.7. The summed E-state index contributed by atoms with van der Waals surface area (Å²) in [6.07, 6.45) is 2.16. The molecule has 6 nitrogen and oxygen atoms in total. The number of nitrogens with zero attached hydrogens (tertiary/aromatic N) is 2. The van der Waals surface area contributed by atoms with E-state index in [1.54, 1.807) is 26.3 Å². The van der Waals surface area contributed by atoms with Gasteiger partial charge in [-0.15, -0.1) is 0 Å². The molecule has 6 heteroatoms. The van der Waals surface area contributed by atoms with Gasteiger partial charge < -0.3 is 14.2 Å². The quantitative estimate of drug-likeness (QED) is 0.626. The predicted octanol–water partition coefficient (Wildman–Crippen LogP) is 4.83. The van der Waals surface area contributed by atoms with Crippen molar-refractivity contribution in [1.82, 2.24) is 5.01 Å². The van der Waals surface area contributed by atoms with Gasteiger partial charge in [0.15, 0.2) is 0 Å². The normalized spacial score (nSPS) is 15.9. The van der Waals surface area contributed by atoms with Gasteiger partial charge in [-0.05, 0) is 60.9 Å². The lowest BCUT2D eigenvalue weighted by Gasteiger charge is -2.26. The van der Waals surface area contributed by atoms with Gasteiger partial charge in [0.25, 0.3) is 0 Å². The van der Waals surface area contributed by atoms with Gasteiger partial charge in [0, 0.05) is 17.9 Å². The first-order valence-corrected chi connectivity index (χ1v) is 10.3. The molecule has 1 atom stereocenters. The van der Waals surface area contributed by atoms with Crippen molar-refractivity contribution >= 4 is 11.6 Å². The van der Waals surface area contributed by atoms with Crippen molar-refractivity contribution in [2.75, 3.05) is 21.3 Å². The summed E-state index contributed by atoms with van der Waals surface area (Å²) in [5, 5.41) is 6.43. The van der Waals surface area contributed by atoms with Gasteiger partial charge in [-0.2, -0.15) is 5.10 Å². The van der Waals surface area contributed by atoms with Crippen LogP contribution in [0.4, 0.5) is 0 Å². The SMILES string of the molecule is CCC(CC)C(=O)N1N=C(c2ccc(OC)cc2)C[C@H]1c1cc(OC)ccc1OC. The second-order valence-corrected chi connectivity index (χ2v) is 7.30. The number of carbonyl (C=O) groups is 1. The zero-order valence-corrected chi connectivity index (χ0v) is 18.3. The summed E-state index contributed by atoms with van der Waals surface area (Å²) in [7, 11) is 4.91. The van der Waals surface area contributed by atoms with Crippen LogP contribution in [0.2, 0.25) is 0 Å². The molecule has 3 rings (SSSR count). The Hall–Kier alpha value is -3.02. The number of ether oxygens (including phenoxy) is 3. The number of amides is 1. The highest BCUT2D eigenvalue weighted by Crippen LogP contribution is 2.40. The standard InChI is InChI=1S/C24H30N2O4/c1-6-16(7-2)24(27)26-22(20-14-19(29-4)12-13-23(20)30-5)15-21(25-26)17-8-10-18(28-3)11-9-17/h8-14,16,22H,6-7,15H2,1-5H3/t22-/m0/s1. The van der Waals surface area contributed by atoms with Crippen molar-refractivity contribution in [3.05, 3.63) is 53.6 Å². The van der Waals surface area contributed by atoms with Crippen LogP contribution in [0.3, 0.4) is 0 Å². The summed E-state index contributed by atoms with van der Waals surface area (Å²) in [6.45, 7) is 4.08. The number of carbonyl (C=O) groups excluding carboxylic acids is 1. The Labute approximate surface area is 178 Å². The van der Waals surface area contributed by atoms with Gasteiger partial charge in [-0.25, -0.2) is 5.01 Å². The topological polar surface area (TPSA) is 60.4 Å². The highest BCUT2D eigenvalue weighted by molar-refractivity contribution is 6.03. The van der Waals surface area contributed by atoms with Crippen LogP contribution in [0.15, 0.2) is 47.6 Å². The molecule has 0 bridgehead atoms. The second-order valence-electron chi connectivity index (χ2n) is 7.30. The van der Waals surface area contributed by atoms with E-state index >= 15 is 0 Å². The summed E-state index contributed by atoms with van der Waals surface area (Å²) in [4.78, 5) is 13.3. The van der Waals surface area contributed by atoms with Crippen LogP contribution < -0.4 is 14.2 Å². The molecule has 0 N–H and O–H groups in total. The Balaban J connectivity index is 2.04. The van der Waals surface area contributed by atoms with E-state index < -0.39 is 0 Å². The van der Waals surface area contributed by atoms with Crippen molar-refractivity contribution < 1.29 is 19.0 Å². The summed E-state index contributed by atoms with van der Waals surface area (Å²) in [5.41, 5.74) is 2.73. The minimum atomic E-state index is -0.250. The third kappa shape index (κ3) is 4.27. The first-order valence-electron chi connectivity index (χ1n) is 10.3. The van der Waals surface area contributed by atoms with E-state index in [0.29, 0.717) is 12.2 Å². The van der Waals surface area contributed by atoms with Gasteiger partial charge in [0.2, 0.25) is 5.91 Å². The molecule has 160 valence electrons. The number of benzene rings is 2. The van der Waals surface area contributed by atoms with E-state index in [-0.39, 0.29) is 17.9 Å². The monoisotopic (exact) mass is 410 g/mol. The minimum Gasteiger partial charge on any atom is -0.497 e. The van der Waals surface area contributed by atoms with Crippen LogP contribution in [0.5, 0.6) is 17.2 Å². The van der Waals surface area contributed by atoms with Gasteiger partial charge in [-0.1, -0.05) is 13.8 Å². The lowest BCUT2D eigenvalue weighted by Crippen LogP contribution is -2.32. The van der Waals surface area contributed by atoms with Crippen molar-refractivity contribution in [1.29, 1.82) is 0 Å². The van der Waals surface area contributed by atoms with E-state index in [4.69, 9.17) is 19.3 Å². The maximum absolute atomic E-state index is 13.3. The van der Waals surface area contributed by atoms with Gasteiger partial charge >= 0.3 is 0 Å². The Kier molecular flexibility index (Phi) is 6.98. The van der Waals surface area contributed by atoms with Crippen LogP contribution in [0, 0.1) is 5.92 Å². The van der Waals surface area contributed by atoms with Crippen molar-refractivity contribution in [2.24, 2.45) is 11.0 Å². The largest absolute Gasteiger partial charge is 0.497 e. The molecule has 0 radical (unpaired) electrons. The Bertz CT molecular complexity index is 904. The number of hydrogen-bond acceptors (Lipinski definition) is 5. The zero-order valence-electron chi connectivity index (χ0n) is 18.3. The Morgan fingerprint density at radius 2 is 1.63 bits per heavy atom.